The predicted octanol–water partition coefficient (Wildman–Crippen LogP) is 1.87. The molecule has 3 aromatic rings. The van der Waals surface area contributed by atoms with Crippen LogP contribution < -0.4 is 5.56 Å². The molecule has 0 radical (unpaired) electrons. The van der Waals surface area contributed by atoms with Gasteiger partial charge in [-0.1, -0.05) is 0 Å². The Morgan fingerprint density at radius 3 is 3.12 bits per heavy atom. The summed E-state index contributed by atoms with van der Waals surface area (Å²) in [5.41, 5.74) is 2.09. The Bertz CT molecular complexity index is 897. The van der Waals surface area contributed by atoms with Crippen molar-refractivity contribution in [2.45, 2.75) is 12.6 Å². The third kappa shape index (κ3) is 2.79. The van der Waals surface area contributed by atoms with Crippen LogP contribution in [0.5, 0.6) is 0 Å². The van der Waals surface area contributed by atoms with Crippen LogP contribution in [-0.2, 0) is 18.3 Å². The highest BCUT2D eigenvalue weighted by Crippen LogP contribution is 2.24. The summed E-state index contributed by atoms with van der Waals surface area (Å²) in [5, 5.41) is 1.91. The first-order valence-corrected chi connectivity index (χ1v) is 8.97. The molecule has 0 bridgehead atoms. The molecule has 1 fully saturated rings. The zero-order chi connectivity index (χ0) is 16.5. The van der Waals surface area contributed by atoms with Crippen LogP contribution >= 0.6 is 11.3 Å². The average molecular weight is 344 g/mol. The van der Waals surface area contributed by atoms with Gasteiger partial charge in [-0.3, -0.25) is 14.3 Å². The number of aromatic nitrogens is 3. The van der Waals surface area contributed by atoms with Gasteiger partial charge in [0, 0.05) is 38.6 Å². The Kier molecular flexibility index (Phi) is 4.22. The molecule has 4 rings (SSSR count). The van der Waals surface area contributed by atoms with Crippen LogP contribution in [0.3, 0.4) is 0 Å². The van der Waals surface area contributed by atoms with Crippen molar-refractivity contribution in [3.05, 3.63) is 52.2 Å². The lowest BCUT2D eigenvalue weighted by molar-refractivity contribution is -0.0124. The van der Waals surface area contributed by atoms with Gasteiger partial charge in [0.05, 0.1) is 31.1 Å². The Labute approximate surface area is 143 Å². The molecule has 0 unspecified atom stereocenters. The number of morpholine rings is 1. The zero-order valence-electron chi connectivity index (χ0n) is 13.6. The maximum Gasteiger partial charge on any atom is 0.271 e. The van der Waals surface area contributed by atoms with Gasteiger partial charge >= 0.3 is 0 Å². The van der Waals surface area contributed by atoms with Crippen molar-refractivity contribution in [1.29, 1.82) is 0 Å². The number of hydrogen-bond donors (Lipinski definition) is 0. The van der Waals surface area contributed by atoms with E-state index in [0.29, 0.717) is 13.2 Å². The second-order valence-electron chi connectivity index (χ2n) is 6.05. The molecule has 1 atom stereocenters. The highest BCUT2D eigenvalue weighted by molar-refractivity contribution is 7.17. The van der Waals surface area contributed by atoms with E-state index in [1.54, 1.807) is 10.9 Å². The van der Waals surface area contributed by atoms with Crippen LogP contribution in [0.1, 0.15) is 11.7 Å². The standard InChI is InChI=1S/C17H20N4O2S/c1-19-5-2-3-14(19)15-11-23-9-8-20(15)6-7-21-12-18-13-4-10-24-16(13)17(21)22/h2-5,10,12,15H,6-9,11H2,1H3/t15-/m0/s1. The minimum Gasteiger partial charge on any atom is -0.378 e. The summed E-state index contributed by atoms with van der Waals surface area (Å²) in [7, 11) is 2.06. The first-order valence-electron chi connectivity index (χ1n) is 8.10. The topological polar surface area (TPSA) is 52.3 Å². The van der Waals surface area contributed by atoms with Gasteiger partial charge in [0.15, 0.2) is 0 Å². The highest BCUT2D eigenvalue weighted by Gasteiger charge is 2.26. The monoisotopic (exact) mass is 344 g/mol. The number of rotatable bonds is 4. The lowest BCUT2D eigenvalue weighted by Crippen LogP contribution is -2.42. The van der Waals surface area contributed by atoms with Crippen LogP contribution in [0.2, 0.25) is 0 Å². The van der Waals surface area contributed by atoms with E-state index in [1.165, 1.54) is 17.0 Å². The molecule has 1 saturated heterocycles. The van der Waals surface area contributed by atoms with Crippen molar-refractivity contribution in [3.63, 3.8) is 0 Å². The number of hydrogen-bond acceptors (Lipinski definition) is 5. The molecule has 0 aliphatic carbocycles. The minimum absolute atomic E-state index is 0.0543. The second kappa shape index (κ2) is 6.51. The van der Waals surface area contributed by atoms with E-state index < -0.39 is 0 Å². The summed E-state index contributed by atoms with van der Waals surface area (Å²) in [6.07, 6.45) is 3.72. The third-order valence-electron chi connectivity index (χ3n) is 4.63. The SMILES string of the molecule is Cn1cccc1[C@@H]1COCCN1CCn1cnc2ccsc2c1=O. The van der Waals surface area contributed by atoms with Crippen molar-refractivity contribution in [2.24, 2.45) is 7.05 Å². The molecule has 7 heteroatoms. The molecule has 24 heavy (non-hydrogen) atoms. The average Bonchev–Trinajstić information content (AvgIpc) is 3.24. The quantitative estimate of drug-likeness (QED) is 0.725. The van der Waals surface area contributed by atoms with Crippen molar-refractivity contribution in [1.82, 2.24) is 19.0 Å². The number of aryl methyl sites for hydroxylation is 1. The van der Waals surface area contributed by atoms with E-state index >= 15 is 0 Å². The van der Waals surface area contributed by atoms with Crippen LogP contribution in [0.25, 0.3) is 10.2 Å². The second-order valence-corrected chi connectivity index (χ2v) is 6.96. The molecule has 1 aliphatic heterocycles. The van der Waals surface area contributed by atoms with E-state index in [9.17, 15) is 4.79 Å². The molecular formula is C17H20N4O2S. The normalized spacial score (nSPS) is 19.1. The zero-order valence-corrected chi connectivity index (χ0v) is 14.4. The molecule has 4 heterocycles. The van der Waals surface area contributed by atoms with Gasteiger partial charge in [-0.05, 0) is 23.6 Å². The third-order valence-corrected chi connectivity index (χ3v) is 5.52. The molecule has 0 N–H and O–H groups in total. The molecule has 0 saturated carbocycles. The van der Waals surface area contributed by atoms with E-state index in [4.69, 9.17) is 4.74 Å². The summed E-state index contributed by atoms with van der Waals surface area (Å²) in [4.78, 5) is 19.3. The lowest BCUT2D eigenvalue weighted by Gasteiger charge is -2.35. The smallest absolute Gasteiger partial charge is 0.271 e. The van der Waals surface area contributed by atoms with Gasteiger partial charge in [-0.2, -0.15) is 0 Å². The van der Waals surface area contributed by atoms with Crippen LogP contribution in [0.4, 0.5) is 0 Å². The first-order chi connectivity index (χ1) is 11.7. The number of ether oxygens (including phenoxy) is 1. The molecule has 0 amide bonds. The van der Waals surface area contributed by atoms with Crippen molar-refractivity contribution in [2.75, 3.05) is 26.3 Å². The number of thiophene rings is 1. The van der Waals surface area contributed by atoms with Gasteiger partial charge in [0.1, 0.15) is 4.70 Å². The Balaban J connectivity index is 1.53. The molecule has 0 spiro atoms. The maximum atomic E-state index is 12.5. The minimum atomic E-state index is 0.0543. The summed E-state index contributed by atoms with van der Waals surface area (Å²) < 4.78 is 10.3. The molecule has 0 aromatic carbocycles. The first kappa shape index (κ1) is 15.6. The van der Waals surface area contributed by atoms with Gasteiger partial charge in [-0.15, -0.1) is 11.3 Å². The summed E-state index contributed by atoms with van der Waals surface area (Å²) in [5.74, 6) is 0. The number of fused-ring (bicyclic) bond motifs is 1. The molecule has 126 valence electrons. The predicted molar refractivity (Wildman–Crippen MR) is 94.4 cm³/mol. The van der Waals surface area contributed by atoms with E-state index in [2.05, 4.69) is 39.8 Å². The molecule has 1 aliphatic rings. The van der Waals surface area contributed by atoms with Gasteiger partial charge < -0.3 is 9.30 Å². The summed E-state index contributed by atoms with van der Waals surface area (Å²) >= 11 is 1.46. The van der Waals surface area contributed by atoms with Crippen molar-refractivity contribution < 1.29 is 4.74 Å². The van der Waals surface area contributed by atoms with Crippen LogP contribution in [0.15, 0.2) is 40.9 Å². The van der Waals surface area contributed by atoms with E-state index in [0.717, 1.165) is 29.9 Å². The number of nitrogens with zero attached hydrogens (tertiary/aromatic N) is 4. The van der Waals surface area contributed by atoms with E-state index in [-0.39, 0.29) is 11.6 Å². The van der Waals surface area contributed by atoms with Gasteiger partial charge in [-0.25, -0.2) is 4.98 Å². The Hall–Kier alpha value is -1.96. The molecule has 3 aromatic heterocycles. The maximum absolute atomic E-state index is 12.5. The Morgan fingerprint density at radius 1 is 1.38 bits per heavy atom. The summed E-state index contributed by atoms with van der Waals surface area (Å²) in [6, 6.07) is 6.31. The fraction of sp³-hybridized carbons (Fsp3) is 0.412. The van der Waals surface area contributed by atoms with Gasteiger partial charge in [0.2, 0.25) is 0 Å². The Morgan fingerprint density at radius 2 is 2.29 bits per heavy atom. The molecule has 6 nitrogen and oxygen atoms in total. The lowest BCUT2D eigenvalue weighted by atomic mass is 10.1. The van der Waals surface area contributed by atoms with Crippen molar-refractivity contribution in [3.8, 4) is 0 Å². The van der Waals surface area contributed by atoms with Gasteiger partial charge in [0.25, 0.3) is 5.56 Å². The van der Waals surface area contributed by atoms with E-state index in [1.807, 2.05) is 11.4 Å². The van der Waals surface area contributed by atoms with Crippen LogP contribution in [0, 0.1) is 0 Å². The largest absolute Gasteiger partial charge is 0.378 e. The highest BCUT2D eigenvalue weighted by atomic mass is 32.1. The summed E-state index contributed by atoms with van der Waals surface area (Å²) in [6.45, 7) is 3.74. The molecular weight excluding hydrogens is 324 g/mol. The van der Waals surface area contributed by atoms with Crippen LogP contribution in [-0.4, -0.2) is 45.3 Å². The fourth-order valence-corrected chi connectivity index (χ4v) is 4.07. The fourth-order valence-electron chi connectivity index (χ4n) is 3.27. The van der Waals surface area contributed by atoms with Crippen molar-refractivity contribution >= 4 is 21.6 Å².